The molecular weight excluding hydrogens is 444 g/mol. The highest BCUT2D eigenvalue weighted by Crippen LogP contribution is 2.30. The van der Waals surface area contributed by atoms with Crippen molar-refractivity contribution < 1.29 is 35.9 Å². The molecule has 0 saturated carbocycles. The quantitative estimate of drug-likeness (QED) is 0.574. The Morgan fingerprint density at radius 2 is 1.59 bits per heavy atom. The van der Waals surface area contributed by atoms with Crippen LogP contribution in [0.1, 0.15) is 5.56 Å². The van der Waals surface area contributed by atoms with Gasteiger partial charge in [0, 0.05) is 17.3 Å². The Kier molecular flexibility index (Phi) is 6.23. The maximum Gasteiger partial charge on any atom is 0.573 e. The van der Waals surface area contributed by atoms with Crippen LogP contribution in [0.15, 0.2) is 65.7 Å². The van der Waals surface area contributed by atoms with Crippen LogP contribution in [0.5, 0.6) is 5.75 Å². The number of benzene rings is 2. The normalized spacial score (nSPS) is 11.8. The molecule has 0 saturated heterocycles. The molecule has 1 amide bonds. The van der Waals surface area contributed by atoms with Gasteiger partial charge in [-0.15, -0.1) is 13.2 Å². The summed E-state index contributed by atoms with van der Waals surface area (Å²) in [5, 5.41) is 2.40. The van der Waals surface area contributed by atoms with E-state index in [1.165, 1.54) is 24.3 Å². The maximum absolute atomic E-state index is 12.6. The van der Waals surface area contributed by atoms with Gasteiger partial charge in [0.25, 0.3) is 5.56 Å². The molecule has 32 heavy (non-hydrogen) atoms. The smallest absolute Gasteiger partial charge is 0.406 e. The first-order valence-electron chi connectivity index (χ1n) is 8.80. The zero-order valence-corrected chi connectivity index (χ0v) is 15.9. The number of carbonyl (C=O) groups excluding carboxylic acids is 1. The van der Waals surface area contributed by atoms with Crippen LogP contribution in [0.3, 0.4) is 0 Å². The summed E-state index contributed by atoms with van der Waals surface area (Å²) < 4.78 is 79.1. The highest BCUT2D eigenvalue weighted by molar-refractivity contribution is 5.90. The molecule has 0 atom stereocenters. The second-order valence-electron chi connectivity index (χ2n) is 6.44. The SMILES string of the molecule is O=C(Cn1cnc(-c2ccc(C(F)(F)F)cc2)cc1=O)Nc1ccc(OC(F)(F)F)cc1. The zero-order chi connectivity index (χ0) is 23.5. The Bertz CT molecular complexity index is 1150. The Balaban J connectivity index is 1.65. The number of ether oxygens (including phenoxy) is 1. The summed E-state index contributed by atoms with van der Waals surface area (Å²) in [7, 11) is 0. The molecule has 3 aromatic rings. The van der Waals surface area contributed by atoms with Crippen LogP contribution < -0.4 is 15.6 Å². The van der Waals surface area contributed by atoms with Crippen LogP contribution in [-0.4, -0.2) is 21.8 Å². The van der Waals surface area contributed by atoms with Crippen LogP contribution in [0.25, 0.3) is 11.3 Å². The van der Waals surface area contributed by atoms with Crippen LogP contribution in [0, 0.1) is 0 Å². The van der Waals surface area contributed by atoms with E-state index in [-0.39, 0.29) is 16.9 Å². The first kappa shape index (κ1) is 22.8. The summed E-state index contributed by atoms with van der Waals surface area (Å²) in [5.74, 6) is -1.12. The van der Waals surface area contributed by atoms with E-state index in [9.17, 15) is 35.9 Å². The number of halogens is 6. The number of amides is 1. The second kappa shape index (κ2) is 8.73. The molecule has 168 valence electrons. The van der Waals surface area contributed by atoms with E-state index in [1.807, 2.05) is 0 Å². The number of hydrogen-bond donors (Lipinski definition) is 1. The van der Waals surface area contributed by atoms with Gasteiger partial charge in [-0.3, -0.25) is 14.2 Å². The van der Waals surface area contributed by atoms with Crippen LogP contribution >= 0.6 is 0 Å². The molecule has 0 aliphatic heterocycles. The third-order valence-electron chi connectivity index (χ3n) is 4.07. The van der Waals surface area contributed by atoms with Crippen LogP contribution in [0.4, 0.5) is 32.0 Å². The first-order chi connectivity index (χ1) is 14.9. The van der Waals surface area contributed by atoms with Crippen molar-refractivity contribution >= 4 is 11.6 Å². The van der Waals surface area contributed by atoms with E-state index in [0.717, 1.165) is 41.2 Å². The molecular formula is C20H13F6N3O3. The van der Waals surface area contributed by atoms with Gasteiger partial charge in [-0.05, 0) is 36.4 Å². The Labute approximate surface area is 176 Å². The molecule has 0 fully saturated rings. The summed E-state index contributed by atoms with van der Waals surface area (Å²) in [5.41, 5.74) is -0.886. The fourth-order valence-corrected chi connectivity index (χ4v) is 2.63. The van der Waals surface area contributed by atoms with Gasteiger partial charge in [0.05, 0.1) is 17.6 Å². The van der Waals surface area contributed by atoms with Crippen molar-refractivity contribution in [2.45, 2.75) is 19.1 Å². The molecule has 0 aliphatic rings. The van der Waals surface area contributed by atoms with Crippen molar-refractivity contribution in [3.05, 3.63) is 76.8 Å². The van der Waals surface area contributed by atoms with Gasteiger partial charge in [-0.25, -0.2) is 4.98 Å². The van der Waals surface area contributed by atoms with E-state index in [4.69, 9.17) is 0 Å². The Hall–Kier alpha value is -3.83. The summed E-state index contributed by atoms with van der Waals surface area (Å²) in [6.07, 6.45) is -8.27. The third-order valence-corrected chi connectivity index (χ3v) is 4.07. The van der Waals surface area contributed by atoms with Crippen molar-refractivity contribution in [3.63, 3.8) is 0 Å². The predicted octanol–water partition coefficient (Wildman–Crippen LogP) is 4.47. The van der Waals surface area contributed by atoms with E-state index < -0.39 is 41.9 Å². The lowest BCUT2D eigenvalue weighted by atomic mass is 10.1. The minimum absolute atomic E-state index is 0.126. The van der Waals surface area contributed by atoms with Crippen molar-refractivity contribution in [2.75, 3.05) is 5.32 Å². The second-order valence-corrected chi connectivity index (χ2v) is 6.44. The van der Waals surface area contributed by atoms with Crippen LogP contribution in [0.2, 0.25) is 0 Å². The van der Waals surface area contributed by atoms with Gasteiger partial charge >= 0.3 is 12.5 Å². The number of aromatic nitrogens is 2. The number of alkyl halides is 6. The van der Waals surface area contributed by atoms with Crippen molar-refractivity contribution in [1.82, 2.24) is 9.55 Å². The minimum Gasteiger partial charge on any atom is -0.406 e. The fraction of sp³-hybridized carbons (Fsp3) is 0.150. The fourth-order valence-electron chi connectivity index (χ4n) is 2.63. The van der Waals surface area contributed by atoms with Gasteiger partial charge in [0.15, 0.2) is 0 Å². The topological polar surface area (TPSA) is 73.2 Å². The monoisotopic (exact) mass is 457 g/mol. The number of hydrogen-bond acceptors (Lipinski definition) is 4. The summed E-state index contributed by atoms with van der Waals surface area (Å²) in [6, 6.07) is 9.54. The molecule has 1 N–H and O–H groups in total. The lowest BCUT2D eigenvalue weighted by Gasteiger charge is -2.11. The maximum atomic E-state index is 12.6. The van der Waals surface area contributed by atoms with Crippen LogP contribution in [-0.2, 0) is 17.5 Å². The summed E-state index contributed by atoms with van der Waals surface area (Å²) >= 11 is 0. The number of nitrogens with zero attached hydrogens (tertiary/aromatic N) is 2. The van der Waals surface area contributed by atoms with Gasteiger partial charge in [-0.1, -0.05) is 12.1 Å². The lowest BCUT2D eigenvalue weighted by molar-refractivity contribution is -0.274. The number of nitrogens with one attached hydrogen (secondary N) is 1. The average molecular weight is 457 g/mol. The van der Waals surface area contributed by atoms with Crippen molar-refractivity contribution in [2.24, 2.45) is 0 Å². The zero-order valence-electron chi connectivity index (χ0n) is 15.9. The predicted molar refractivity (Wildman–Crippen MR) is 101 cm³/mol. The molecule has 0 unspecified atom stereocenters. The molecule has 0 spiro atoms. The largest absolute Gasteiger partial charge is 0.573 e. The Morgan fingerprint density at radius 3 is 2.12 bits per heavy atom. The standard InChI is InChI=1S/C20H13F6N3O3/c21-19(22,23)13-3-1-12(2-4-13)16-9-18(31)29(11-27-16)10-17(30)28-14-5-7-15(8-6-14)32-20(24,25)26/h1-9,11H,10H2,(H,28,30). The highest BCUT2D eigenvalue weighted by atomic mass is 19.4. The number of anilines is 1. The van der Waals surface area contributed by atoms with E-state index >= 15 is 0 Å². The molecule has 0 radical (unpaired) electrons. The molecule has 0 bridgehead atoms. The number of rotatable bonds is 5. The molecule has 6 nitrogen and oxygen atoms in total. The van der Waals surface area contributed by atoms with E-state index in [1.54, 1.807) is 0 Å². The van der Waals surface area contributed by atoms with Gasteiger partial charge in [0.1, 0.15) is 12.3 Å². The lowest BCUT2D eigenvalue weighted by Crippen LogP contribution is -2.27. The molecule has 0 aliphatic carbocycles. The molecule has 1 aromatic heterocycles. The van der Waals surface area contributed by atoms with Gasteiger partial charge in [-0.2, -0.15) is 13.2 Å². The molecule has 1 heterocycles. The molecule has 3 rings (SSSR count). The summed E-state index contributed by atoms with van der Waals surface area (Å²) in [4.78, 5) is 28.3. The van der Waals surface area contributed by atoms with Gasteiger partial charge < -0.3 is 10.1 Å². The summed E-state index contributed by atoms with van der Waals surface area (Å²) in [6.45, 7) is -0.445. The Morgan fingerprint density at radius 1 is 0.969 bits per heavy atom. The molecule has 12 heteroatoms. The van der Waals surface area contributed by atoms with Gasteiger partial charge in [0.2, 0.25) is 5.91 Å². The van der Waals surface area contributed by atoms with Crippen molar-refractivity contribution in [3.8, 4) is 17.0 Å². The highest BCUT2D eigenvalue weighted by Gasteiger charge is 2.31. The van der Waals surface area contributed by atoms with E-state index in [0.29, 0.717) is 0 Å². The molecule has 2 aromatic carbocycles. The number of carbonyl (C=O) groups is 1. The van der Waals surface area contributed by atoms with E-state index in [2.05, 4.69) is 15.0 Å². The van der Waals surface area contributed by atoms with Crippen molar-refractivity contribution in [1.29, 1.82) is 0 Å². The average Bonchev–Trinajstić information content (AvgIpc) is 2.69. The third kappa shape index (κ3) is 6.09. The first-order valence-corrected chi connectivity index (χ1v) is 8.80. The minimum atomic E-state index is -4.84.